The molecule has 20 heavy (non-hydrogen) atoms. The van der Waals surface area contributed by atoms with Crippen molar-refractivity contribution < 1.29 is 9.66 Å². The third kappa shape index (κ3) is 2.66. The Balaban J connectivity index is 2.34. The van der Waals surface area contributed by atoms with E-state index in [2.05, 4.69) is 9.97 Å². The van der Waals surface area contributed by atoms with Crippen molar-refractivity contribution in [2.24, 2.45) is 0 Å². The van der Waals surface area contributed by atoms with Gasteiger partial charge in [0.15, 0.2) is 0 Å². The van der Waals surface area contributed by atoms with Crippen molar-refractivity contribution in [2.45, 2.75) is 20.3 Å². The van der Waals surface area contributed by atoms with Crippen LogP contribution in [-0.2, 0) is 6.42 Å². The van der Waals surface area contributed by atoms with Crippen LogP contribution in [0.3, 0.4) is 0 Å². The molecule has 0 aliphatic heterocycles. The molecule has 1 heterocycles. The van der Waals surface area contributed by atoms with Crippen molar-refractivity contribution >= 4 is 11.5 Å². The summed E-state index contributed by atoms with van der Waals surface area (Å²) in [6.07, 6.45) is 1.95. The first-order valence-electron chi connectivity index (χ1n) is 6.05. The second kappa shape index (κ2) is 5.52. The molecule has 1 aromatic heterocycles. The van der Waals surface area contributed by atoms with Crippen LogP contribution in [0.1, 0.15) is 18.1 Å². The second-order valence-electron chi connectivity index (χ2n) is 4.20. The van der Waals surface area contributed by atoms with Crippen molar-refractivity contribution in [3.8, 4) is 11.6 Å². The number of nitro groups is 1. The van der Waals surface area contributed by atoms with Gasteiger partial charge in [-0.05, 0) is 25.5 Å². The Labute approximate surface area is 115 Å². The maximum atomic E-state index is 10.8. The maximum absolute atomic E-state index is 10.8. The van der Waals surface area contributed by atoms with Gasteiger partial charge >= 0.3 is 0 Å². The highest BCUT2D eigenvalue weighted by Crippen LogP contribution is 2.29. The second-order valence-corrected chi connectivity index (χ2v) is 4.20. The summed E-state index contributed by atoms with van der Waals surface area (Å²) in [4.78, 5) is 18.3. The van der Waals surface area contributed by atoms with E-state index in [1.54, 1.807) is 13.0 Å². The Kier molecular flexibility index (Phi) is 3.79. The number of hydrogen-bond acceptors (Lipinski definition) is 6. The quantitative estimate of drug-likeness (QED) is 0.678. The summed E-state index contributed by atoms with van der Waals surface area (Å²) in [6, 6.07) is 4.53. The van der Waals surface area contributed by atoms with Crippen LogP contribution in [0.2, 0.25) is 0 Å². The van der Waals surface area contributed by atoms with Gasteiger partial charge in [0.2, 0.25) is 5.88 Å². The fourth-order valence-electron chi connectivity index (χ4n) is 1.84. The Morgan fingerprint density at radius 2 is 2.15 bits per heavy atom. The molecule has 0 atom stereocenters. The van der Waals surface area contributed by atoms with E-state index in [4.69, 9.17) is 10.5 Å². The van der Waals surface area contributed by atoms with Gasteiger partial charge in [0.1, 0.15) is 17.9 Å². The lowest BCUT2D eigenvalue weighted by atomic mass is 10.2. The molecule has 0 spiro atoms. The van der Waals surface area contributed by atoms with E-state index >= 15 is 0 Å². The molecule has 2 N–H and O–H groups in total. The van der Waals surface area contributed by atoms with E-state index in [9.17, 15) is 10.1 Å². The summed E-state index contributed by atoms with van der Waals surface area (Å²) in [5.41, 5.74) is 7.04. The fourth-order valence-corrected chi connectivity index (χ4v) is 1.84. The first-order chi connectivity index (χ1) is 9.52. The molecule has 0 amide bonds. The van der Waals surface area contributed by atoms with Crippen molar-refractivity contribution in [1.82, 2.24) is 9.97 Å². The largest absolute Gasteiger partial charge is 0.439 e. The van der Waals surface area contributed by atoms with Gasteiger partial charge in [-0.25, -0.2) is 9.97 Å². The number of hydrogen-bond donors (Lipinski definition) is 1. The van der Waals surface area contributed by atoms with E-state index in [0.29, 0.717) is 35.0 Å². The molecule has 0 aliphatic rings. The Morgan fingerprint density at radius 1 is 1.40 bits per heavy atom. The maximum Gasteiger partial charge on any atom is 0.272 e. The topological polar surface area (TPSA) is 104 Å². The lowest BCUT2D eigenvalue weighted by Crippen LogP contribution is -2.02. The van der Waals surface area contributed by atoms with Crippen LogP contribution < -0.4 is 10.5 Å². The zero-order chi connectivity index (χ0) is 14.7. The standard InChI is InChI=1S/C13H14N4O3/c1-3-10-12(14)15-7-16-13(10)20-9-4-5-11(17(18)19)8(2)6-9/h4-7H,3H2,1-2H3,(H2,14,15,16). The molecule has 2 aromatic rings. The number of aryl methyl sites for hydroxylation is 1. The smallest absolute Gasteiger partial charge is 0.272 e. The summed E-state index contributed by atoms with van der Waals surface area (Å²) < 4.78 is 5.64. The van der Waals surface area contributed by atoms with Crippen molar-refractivity contribution in [1.29, 1.82) is 0 Å². The summed E-state index contributed by atoms with van der Waals surface area (Å²) in [7, 11) is 0. The van der Waals surface area contributed by atoms with Gasteiger partial charge in [0.05, 0.1) is 10.5 Å². The van der Waals surface area contributed by atoms with Gasteiger partial charge in [0, 0.05) is 11.6 Å². The third-order valence-corrected chi connectivity index (χ3v) is 2.87. The van der Waals surface area contributed by atoms with Gasteiger partial charge in [-0.3, -0.25) is 10.1 Å². The van der Waals surface area contributed by atoms with E-state index in [1.807, 2.05) is 6.92 Å². The van der Waals surface area contributed by atoms with Gasteiger partial charge in [0.25, 0.3) is 5.69 Å². The molecule has 7 nitrogen and oxygen atoms in total. The highest BCUT2D eigenvalue weighted by molar-refractivity contribution is 5.48. The first-order valence-corrected chi connectivity index (χ1v) is 6.05. The summed E-state index contributed by atoms with van der Waals surface area (Å²) in [5.74, 6) is 1.21. The van der Waals surface area contributed by atoms with Crippen LogP contribution in [0.25, 0.3) is 0 Å². The highest BCUT2D eigenvalue weighted by atomic mass is 16.6. The number of anilines is 1. The highest BCUT2D eigenvalue weighted by Gasteiger charge is 2.13. The number of nitro benzene ring substituents is 1. The molecule has 0 bridgehead atoms. The van der Waals surface area contributed by atoms with E-state index in [-0.39, 0.29) is 5.69 Å². The van der Waals surface area contributed by atoms with Gasteiger partial charge < -0.3 is 10.5 Å². The monoisotopic (exact) mass is 274 g/mol. The minimum atomic E-state index is -0.431. The molecule has 104 valence electrons. The fraction of sp³-hybridized carbons (Fsp3) is 0.231. The number of ether oxygens (including phenoxy) is 1. The molecule has 7 heteroatoms. The predicted octanol–water partition coefficient (Wildman–Crippen LogP) is 2.63. The molecule has 0 radical (unpaired) electrons. The van der Waals surface area contributed by atoms with Crippen molar-refractivity contribution in [2.75, 3.05) is 5.73 Å². The molecule has 0 saturated heterocycles. The lowest BCUT2D eigenvalue weighted by molar-refractivity contribution is -0.385. The Hall–Kier alpha value is -2.70. The number of nitrogens with two attached hydrogens (primary N) is 1. The molecular weight excluding hydrogens is 260 g/mol. The predicted molar refractivity (Wildman–Crippen MR) is 73.7 cm³/mol. The van der Waals surface area contributed by atoms with Crippen LogP contribution in [0.5, 0.6) is 11.6 Å². The molecule has 2 rings (SSSR count). The average molecular weight is 274 g/mol. The van der Waals surface area contributed by atoms with Gasteiger partial charge in [-0.15, -0.1) is 0 Å². The van der Waals surface area contributed by atoms with E-state index in [1.165, 1.54) is 18.5 Å². The number of nitrogens with zero attached hydrogens (tertiary/aromatic N) is 3. The zero-order valence-electron chi connectivity index (χ0n) is 11.2. The summed E-state index contributed by atoms with van der Waals surface area (Å²) in [6.45, 7) is 3.57. The van der Waals surface area contributed by atoms with Crippen LogP contribution >= 0.6 is 0 Å². The summed E-state index contributed by atoms with van der Waals surface area (Å²) in [5, 5.41) is 10.8. The van der Waals surface area contributed by atoms with E-state index in [0.717, 1.165) is 0 Å². The molecular formula is C13H14N4O3. The lowest BCUT2D eigenvalue weighted by Gasteiger charge is -2.10. The number of nitrogen functional groups attached to an aromatic ring is 1. The molecule has 0 unspecified atom stereocenters. The van der Waals surface area contributed by atoms with Crippen LogP contribution in [0.15, 0.2) is 24.5 Å². The third-order valence-electron chi connectivity index (χ3n) is 2.87. The molecule has 0 aliphatic carbocycles. The molecule has 0 fully saturated rings. The summed E-state index contributed by atoms with van der Waals surface area (Å²) >= 11 is 0. The molecule has 1 aromatic carbocycles. The number of aromatic nitrogens is 2. The first kappa shape index (κ1) is 13.7. The number of benzene rings is 1. The average Bonchev–Trinajstić information content (AvgIpc) is 2.38. The van der Waals surface area contributed by atoms with E-state index < -0.39 is 4.92 Å². The van der Waals surface area contributed by atoms with Gasteiger partial charge in [-0.2, -0.15) is 0 Å². The molecule has 0 saturated carbocycles. The number of rotatable bonds is 4. The SMILES string of the molecule is CCc1c(N)ncnc1Oc1ccc([N+](=O)[O-])c(C)c1. The van der Waals surface area contributed by atoms with Crippen LogP contribution in [0, 0.1) is 17.0 Å². The minimum Gasteiger partial charge on any atom is -0.439 e. The Bertz CT molecular complexity index is 658. The zero-order valence-corrected chi connectivity index (χ0v) is 11.2. The Morgan fingerprint density at radius 3 is 2.75 bits per heavy atom. The van der Waals surface area contributed by atoms with Crippen molar-refractivity contribution in [3.05, 3.63) is 45.8 Å². The van der Waals surface area contributed by atoms with Gasteiger partial charge in [-0.1, -0.05) is 6.92 Å². The van der Waals surface area contributed by atoms with Crippen molar-refractivity contribution in [3.63, 3.8) is 0 Å². The normalized spacial score (nSPS) is 10.3. The minimum absolute atomic E-state index is 0.0512. The van der Waals surface area contributed by atoms with Crippen LogP contribution in [-0.4, -0.2) is 14.9 Å². The van der Waals surface area contributed by atoms with Crippen LogP contribution in [0.4, 0.5) is 11.5 Å².